The molecule has 0 bridgehead atoms. The minimum Gasteiger partial charge on any atom is -0.481 e. The predicted octanol–water partition coefficient (Wildman–Crippen LogP) is 3.22. The maximum atomic E-state index is 12.8. The maximum absolute atomic E-state index is 12.8. The third kappa shape index (κ3) is 7.85. The fraction of sp³-hybridized carbons (Fsp3) is 0.500. The Morgan fingerprint density at radius 1 is 1.14 bits per heavy atom. The van der Waals surface area contributed by atoms with Crippen LogP contribution in [-0.2, 0) is 31.7 Å². The van der Waals surface area contributed by atoms with Gasteiger partial charge in [-0.2, -0.15) is 13.2 Å². The van der Waals surface area contributed by atoms with E-state index in [1.807, 2.05) is 0 Å². The molecule has 0 saturated carbocycles. The fourth-order valence-corrected chi connectivity index (χ4v) is 2.13. The Morgan fingerprint density at radius 2 is 1.79 bits per heavy atom. The molecular weight excluding hydrogens is 383 g/mol. The van der Waals surface area contributed by atoms with Crippen molar-refractivity contribution in [2.75, 3.05) is 6.54 Å². The molecule has 10 heteroatoms. The molecule has 0 unspecified atom stereocenters. The molecule has 0 heterocycles. The highest BCUT2D eigenvalue weighted by atomic mass is 19.4. The molecule has 0 spiro atoms. The monoisotopic (exact) mass is 405 g/mol. The Balaban J connectivity index is 2.63. The summed E-state index contributed by atoms with van der Waals surface area (Å²) in [6.07, 6.45) is -6.96. The smallest absolute Gasteiger partial charge is 0.416 e. The molecule has 7 nitrogen and oxygen atoms in total. The van der Waals surface area contributed by atoms with E-state index in [0.717, 1.165) is 12.1 Å². The van der Waals surface area contributed by atoms with Crippen LogP contribution in [0.3, 0.4) is 0 Å². The van der Waals surface area contributed by atoms with E-state index in [2.05, 4.69) is 5.32 Å². The van der Waals surface area contributed by atoms with Crippen LogP contribution in [0.25, 0.3) is 0 Å². The van der Waals surface area contributed by atoms with Crippen LogP contribution in [-0.4, -0.2) is 36.0 Å². The molecule has 1 amide bonds. The van der Waals surface area contributed by atoms with Crippen LogP contribution >= 0.6 is 0 Å². The summed E-state index contributed by atoms with van der Waals surface area (Å²) in [6.45, 7) is 4.13. The average molecular weight is 405 g/mol. The summed E-state index contributed by atoms with van der Waals surface area (Å²) in [5, 5.41) is 11.5. The van der Waals surface area contributed by atoms with Gasteiger partial charge in [0.2, 0.25) is 6.29 Å². The number of carboxylic acid groups (broad SMARTS) is 1. The van der Waals surface area contributed by atoms with Crippen molar-refractivity contribution in [1.82, 2.24) is 5.32 Å². The number of carboxylic acids is 1. The summed E-state index contributed by atoms with van der Waals surface area (Å²) < 4.78 is 47.9. The standard InChI is InChI=1S/C18H22F3NO6/c1-10(2)16(25)27-11(3)28-17(26)22-9-13(15(23)24)7-12-5-4-6-14(8-12)18(19,20)21/h4-6,8,10-11,13H,7,9H2,1-3H3,(H,22,26)(H,23,24)/t11-,13-/m0/s1. The van der Waals surface area contributed by atoms with Crippen molar-refractivity contribution in [3.05, 3.63) is 35.4 Å². The van der Waals surface area contributed by atoms with Crippen LogP contribution in [0.15, 0.2) is 24.3 Å². The minimum absolute atomic E-state index is 0.164. The van der Waals surface area contributed by atoms with Gasteiger partial charge in [0.25, 0.3) is 0 Å². The number of ether oxygens (including phenoxy) is 2. The van der Waals surface area contributed by atoms with Crippen LogP contribution in [0.2, 0.25) is 0 Å². The average Bonchev–Trinajstić information content (AvgIpc) is 2.57. The quantitative estimate of drug-likeness (QED) is 0.509. The summed E-state index contributed by atoms with van der Waals surface area (Å²) in [5.41, 5.74) is -0.723. The number of hydrogen-bond donors (Lipinski definition) is 2. The summed E-state index contributed by atoms with van der Waals surface area (Å²) in [7, 11) is 0. The lowest BCUT2D eigenvalue weighted by atomic mass is 9.98. The van der Waals surface area contributed by atoms with Gasteiger partial charge in [-0.1, -0.05) is 32.0 Å². The summed E-state index contributed by atoms with van der Waals surface area (Å²) >= 11 is 0. The maximum Gasteiger partial charge on any atom is 0.416 e. The van der Waals surface area contributed by atoms with Gasteiger partial charge in [-0.05, 0) is 18.1 Å². The number of halogens is 3. The minimum atomic E-state index is -4.54. The molecule has 0 fully saturated rings. The van der Waals surface area contributed by atoms with Gasteiger partial charge in [-0.25, -0.2) is 4.79 Å². The third-order valence-corrected chi connectivity index (χ3v) is 3.60. The van der Waals surface area contributed by atoms with Crippen LogP contribution in [0, 0.1) is 11.8 Å². The van der Waals surface area contributed by atoms with Gasteiger partial charge in [-0.3, -0.25) is 9.59 Å². The second kappa shape index (κ2) is 9.95. The zero-order valence-corrected chi connectivity index (χ0v) is 15.6. The van der Waals surface area contributed by atoms with Crippen molar-refractivity contribution in [2.24, 2.45) is 11.8 Å². The molecule has 1 aromatic carbocycles. The van der Waals surface area contributed by atoms with E-state index < -0.39 is 47.9 Å². The van der Waals surface area contributed by atoms with Gasteiger partial charge in [0.05, 0.1) is 17.4 Å². The summed E-state index contributed by atoms with van der Waals surface area (Å²) in [6, 6.07) is 4.30. The highest BCUT2D eigenvalue weighted by molar-refractivity contribution is 5.73. The topological polar surface area (TPSA) is 102 Å². The fourth-order valence-electron chi connectivity index (χ4n) is 2.13. The van der Waals surface area contributed by atoms with Crippen molar-refractivity contribution in [1.29, 1.82) is 0 Å². The molecule has 0 aliphatic rings. The van der Waals surface area contributed by atoms with E-state index in [-0.39, 0.29) is 18.5 Å². The number of alkyl halides is 3. The molecule has 0 radical (unpaired) electrons. The number of amides is 1. The second-order valence-corrected chi connectivity index (χ2v) is 6.38. The van der Waals surface area contributed by atoms with Gasteiger partial charge >= 0.3 is 24.2 Å². The number of carbonyl (C=O) groups is 3. The van der Waals surface area contributed by atoms with Gasteiger partial charge in [0.15, 0.2) is 0 Å². The van der Waals surface area contributed by atoms with E-state index in [9.17, 15) is 32.7 Å². The van der Waals surface area contributed by atoms with Gasteiger partial charge in [0.1, 0.15) is 0 Å². The van der Waals surface area contributed by atoms with Crippen molar-refractivity contribution < 1.29 is 42.1 Å². The van der Waals surface area contributed by atoms with E-state index >= 15 is 0 Å². The zero-order chi connectivity index (χ0) is 21.5. The molecule has 0 saturated heterocycles. The summed E-state index contributed by atoms with van der Waals surface area (Å²) in [5.74, 6) is -3.47. The van der Waals surface area contributed by atoms with Gasteiger partial charge in [-0.15, -0.1) is 0 Å². The van der Waals surface area contributed by atoms with E-state index in [1.54, 1.807) is 13.8 Å². The first-order valence-electron chi connectivity index (χ1n) is 8.44. The molecule has 1 aromatic rings. The first-order valence-corrected chi connectivity index (χ1v) is 8.44. The molecule has 0 aliphatic carbocycles. The Labute approximate surface area is 159 Å². The van der Waals surface area contributed by atoms with Crippen LogP contribution < -0.4 is 5.32 Å². The molecule has 28 heavy (non-hydrogen) atoms. The number of nitrogens with one attached hydrogen (secondary N) is 1. The SMILES string of the molecule is CC(C)C(=O)O[C@H](C)OC(=O)NC[C@H](Cc1cccc(C(F)(F)F)c1)C(=O)O. The lowest BCUT2D eigenvalue weighted by Gasteiger charge is -2.18. The zero-order valence-electron chi connectivity index (χ0n) is 15.6. The van der Waals surface area contributed by atoms with Crippen LogP contribution in [0.5, 0.6) is 0 Å². The predicted molar refractivity (Wildman–Crippen MR) is 91.1 cm³/mol. The van der Waals surface area contributed by atoms with Gasteiger partial charge < -0.3 is 19.9 Å². The van der Waals surface area contributed by atoms with Gasteiger partial charge in [0, 0.05) is 13.5 Å². The highest BCUT2D eigenvalue weighted by Crippen LogP contribution is 2.30. The molecule has 156 valence electrons. The number of alkyl carbamates (subject to hydrolysis) is 1. The van der Waals surface area contributed by atoms with Crippen molar-refractivity contribution in [3.63, 3.8) is 0 Å². The Hall–Kier alpha value is -2.78. The van der Waals surface area contributed by atoms with Crippen LogP contribution in [0.4, 0.5) is 18.0 Å². The normalized spacial score (nSPS) is 13.5. The third-order valence-electron chi connectivity index (χ3n) is 3.60. The van der Waals surface area contributed by atoms with Crippen molar-refractivity contribution in [3.8, 4) is 0 Å². The Morgan fingerprint density at radius 3 is 2.32 bits per heavy atom. The molecule has 2 N–H and O–H groups in total. The number of aliphatic carboxylic acids is 1. The number of rotatable bonds is 8. The molecule has 0 aromatic heterocycles. The molecule has 0 aliphatic heterocycles. The Kier molecular flexibility index (Phi) is 8.27. The number of carbonyl (C=O) groups excluding carboxylic acids is 2. The Bertz CT molecular complexity index is 705. The lowest BCUT2D eigenvalue weighted by molar-refractivity contribution is -0.168. The summed E-state index contributed by atoms with van der Waals surface area (Å²) in [4.78, 5) is 34.5. The highest BCUT2D eigenvalue weighted by Gasteiger charge is 2.31. The number of esters is 1. The van der Waals surface area contributed by atoms with Crippen molar-refractivity contribution in [2.45, 2.75) is 39.7 Å². The van der Waals surface area contributed by atoms with E-state index in [4.69, 9.17) is 9.47 Å². The largest absolute Gasteiger partial charge is 0.481 e. The van der Waals surface area contributed by atoms with E-state index in [0.29, 0.717) is 0 Å². The molecule has 2 atom stereocenters. The second-order valence-electron chi connectivity index (χ2n) is 6.38. The number of hydrogen-bond acceptors (Lipinski definition) is 5. The number of benzene rings is 1. The first kappa shape index (κ1) is 23.3. The molecular formula is C18H22F3NO6. The van der Waals surface area contributed by atoms with Crippen LogP contribution in [0.1, 0.15) is 31.9 Å². The first-order chi connectivity index (χ1) is 12.9. The van der Waals surface area contributed by atoms with Crippen molar-refractivity contribution >= 4 is 18.0 Å². The van der Waals surface area contributed by atoms with E-state index in [1.165, 1.54) is 19.1 Å². The molecule has 1 rings (SSSR count). The lowest BCUT2D eigenvalue weighted by Crippen LogP contribution is -2.36.